The molecule has 2 aromatic carbocycles. The van der Waals surface area contributed by atoms with Gasteiger partial charge in [-0.15, -0.1) is 0 Å². The molecule has 2 amide bonds. The second-order valence-electron chi connectivity index (χ2n) is 6.73. The number of aliphatic imine (C=N–C) groups is 1. The summed E-state index contributed by atoms with van der Waals surface area (Å²) in [6.45, 7) is 5.90. The van der Waals surface area contributed by atoms with Crippen LogP contribution in [-0.4, -0.2) is 33.4 Å². The van der Waals surface area contributed by atoms with Crippen molar-refractivity contribution in [1.29, 1.82) is 0 Å². The highest BCUT2D eigenvalue weighted by Gasteiger charge is 2.33. The van der Waals surface area contributed by atoms with Crippen molar-refractivity contribution in [2.75, 3.05) is 11.4 Å². The summed E-state index contributed by atoms with van der Waals surface area (Å²) in [4.78, 5) is 37.9. The smallest absolute Gasteiger partial charge is 0.268 e. The third-order valence-electron chi connectivity index (χ3n) is 4.55. The maximum Gasteiger partial charge on any atom is 0.268 e. The number of likely N-dealkylation sites (N-methyl/N-ethyl adjacent to an activating group) is 1. The van der Waals surface area contributed by atoms with E-state index < -0.39 is 0 Å². The number of carbonyl (C=O) groups is 2. The summed E-state index contributed by atoms with van der Waals surface area (Å²) in [5, 5.41) is 1.18. The first kappa shape index (κ1) is 20.3. The van der Waals surface area contributed by atoms with Gasteiger partial charge in [-0.05, 0) is 55.4 Å². The molecular weight excluding hydrogens is 416 g/mol. The molecule has 0 atom stereocenters. The predicted molar refractivity (Wildman–Crippen MR) is 124 cm³/mol. The Bertz CT molecular complexity index is 1180. The average molecular weight is 437 g/mol. The van der Waals surface area contributed by atoms with Crippen molar-refractivity contribution < 1.29 is 9.59 Å². The zero-order valence-electron chi connectivity index (χ0n) is 16.8. The lowest BCUT2D eigenvalue weighted by molar-refractivity contribution is -0.122. The highest BCUT2D eigenvalue weighted by molar-refractivity contribution is 8.18. The van der Waals surface area contributed by atoms with Crippen molar-refractivity contribution in [3.8, 4) is 0 Å². The molecule has 1 aliphatic heterocycles. The number of benzene rings is 2. The fraction of sp³-hybridized carbons (Fsp3) is 0.182. The van der Waals surface area contributed by atoms with Crippen LogP contribution in [0, 0.1) is 6.92 Å². The van der Waals surface area contributed by atoms with Crippen LogP contribution in [0.5, 0.6) is 0 Å². The average Bonchev–Trinajstić information content (AvgIpc) is 3.25. The molecule has 30 heavy (non-hydrogen) atoms. The molecule has 1 fully saturated rings. The number of nitrogens with zero attached hydrogens (tertiary/aromatic N) is 4. The van der Waals surface area contributed by atoms with E-state index in [1.54, 1.807) is 11.1 Å². The number of amides is 2. The van der Waals surface area contributed by atoms with Crippen LogP contribution in [0.3, 0.4) is 0 Å². The van der Waals surface area contributed by atoms with Crippen molar-refractivity contribution in [2.45, 2.75) is 20.8 Å². The SMILES string of the molecule is CCN1C(=O)C(=CN(C(C)=O)c2ccccc2)SC1=Nc1nc2ccc(C)cc2s1. The van der Waals surface area contributed by atoms with E-state index in [-0.39, 0.29) is 11.8 Å². The van der Waals surface area contributed by atoms with E-state index >= 15 is 0 Å². The number of rotatable bonds is 4. The van der Waals surface area contributed by atoms with Crippen LogP contribution in [0.1, 0.15) is 19.4 Å². The van der Waals surface area contributed by atoms with Gasteiger partial charge in [0.1, 0.15) is 0 Å². The van der Waals surface area contributed by atoms with Crippen LogP contribution in [0.4, 0.5) is 10.8 Å². The number of anilines is 1. The largest absolute Gasteiger partial charge is 0.287 e. The number of thioether (sulfide) groups is 1. The number of amidine groups is 1. The van der Waals surface area contributed by atoms with Gasteiger partial charge < -0.3 is 0 Å². The molecule has 0 bridgehead atoms. The molecule has 1 aromatic heterocycles. The monoisotopic (exact) mass is 436 g/mol. The van der Waals surface area contributed by atoms with Crippen molar-refractivity contribution in [3.63, 3.8) is 0 Å². The maximum atomic E-state index is 12.9. The van der Waals surface area contributed by atoms with Gasteiger partial charge in [0.05, 0.1) is 15.1 Å². The number of aryl methyl sites for hydroxylation is 1. The first-order valence-corrected chi connectivity index (χ1v) is 11.1. The third-order valence-corrected chi connectivity index (χ3v) is 6.45. The molecule has 1 aliphatic rings. The van der Waals surface area contributed by atoms with Gasteiger partial charge in [-0.25, -0.2) is 4.98 Å². The highest BCUT2D eigenvalue weighted by Crippen LogP contribution is 2.36. The topological polar surface area (TPSA) is 65.9 Å². The number of hydrogen-bond donors (Lipinski definition) is 0. The van der Waals surface area contributed by atoms with Gasteiger partial charge in [0, 0.05) is 25.4 Å². The Morgan fingerprint density at radius 1 is 1.23 bits per heavy atom. The lowest BCUT2D eigenvalue weighted by Crippen LogP contribution is -2.29. The quantitative estimate of drug-likeness (QED) is 0.535. The van der Waals surface area contributed by atoms with E-state index in [1.165, 1.54) is 40.5 Å². The second kappa shape index (κ2) is 8.41. The molecule has 0 aliphatic carbocycles. The van der Waals surface area contributed by atoms with Gasteiger partial charge in [0.25, 0.3) is 5.91 Å². The van der Waals surface area contributed by atoms with Crippen molar-refractivity contribution in [1.82, 2.24) is 9.88 Å². The molecule has 2 heterocycles. The van der Waals surface area contributed by atoms with Gasteiger partial charge in [-0.2, -0.15) is 4.99 Å². The number of aromatic nitrogens is 1. The van der Waals surface area contributed by atoms with Gasteiger partial charge in [0.15, 0.2) is 5.17 Å². The summed E-state index contributed by atoms with van der Waals surface area (Å²) in [7, 11) is 0. The van der Waals surface area contributed by atoms with Crippen molar-refractivity contribution in [3.05, 3.63) is 65.2 Å². The number of thiazole rings is 1. The second-order valence-corrected chi connectivity index (χ2v) is 8.75. The Labute approximate surface area is 182 Å². The molecular formula is C22H20N4O2S2. The molecule has 152 valence electrons. The standard InChI is InChI=1S/C22H20N4O2S2/c1-4-25-20(28)19(13-26(15(3)27)16-8-6-5-7-9-16)30-22(25)24-21-23-17-11-10-14(2)12-18(17)29-21/h5-13H,4H2,1-3H3. The third kappa shape index (κ3) is 4.01. The van der Waals surface area contributed by atoms with Gasteiger partial charge in [0.2, 0.25) is 11.0 Å². The van der Waals surface area contributed by atoms with Crippen molar-refractivity contribution >= 4 is 61.1 Å². The molecule has 0 N–H and O–H groups in total. The van der Waals surface area contributed by atoms with Crippen molar-refractivity contribution in [2.24, 2.45) is 4.99 Å². The summed E-state index contributed by atoms with van der Waals surface area (Å²) in [6, 6.07) is 15.3. The van der Waals surface area contributed by atoms with Crippen LogP contribution in [0.2, 0.25) is 0 Å². The van der Waals surface area contributed by atoms with Crippen LogP contribution in [-0.2, 0) is 9.59 Å². The minimum absolute atomic E-state index is 0.166. The summed E-state index contributed by atoms with van der Waals surface area (Å²) in [5.41, 5.74) is 2.77. The van der Waals surface area contributed by atoms with Gasteiger partial charge in [-0.1, -0.05) is 35.6 Å². The van der Waals surface area contributed by atoms with Crippen LogP contribution in [0.25, 0.3) is 10.2 Å². The minimum atomic E-state index is -0.169. The van der Waals surface area contributed by atoms with E-state index in [0.29, 0.717) is 27.4 Å². The minimum Gasteiger partial charge on any atom is -0.287 e. The van der Waals surface area contributed by atoms with E-state index in [0.717, 1.165) is 10.2 Å². The Hall–Kier alpha value is -2.97. The number of hydrogen-bond acceptors (Lipinski definition) is 6. The fourth-order valence-corrected chi connectivity index (χ4v) is 5.06. The summed E-state index contributed by atoms with van der Waals surface area (Å²) in [5.74, 6) is -0.336. The number of carbonyl (C=O) groups excluding carboxylic acids is 2. The van der Waals surface area contributed by atoms with E-state index in [1.807, 2.05) is 56.3 Å². The molecule has 3 aromatic rings. The molecule has 8 heteroatoms. The fourth-order valence-electron chi connectivity index (χ4n) is 3.06. The molecule has 0 unspecified atom stereocenters. The molecule has 1 saturated heterocycles. The van der Waals surface area contributed by atoms with Gasteiger partial charge in [-0.3, -0.25) is 19.4 Å². The highest BCUT2D eigenvalue weighted by atomic mass is 32.2. The Morgan fingerprint density at radius 2 is 2.00 bits per heavy atom. The summed E-state index contributed by atoms with van der Waals surface area (Å²) < 4.78 is 1.06. The lowest BCUT2D eigenvalue weighted by Gasteiger charge is -2.17. The summed E-state index contributed by atoms with van der Waals surface area (Å²) >= 11 is 2.76. The lowest BCUT2D eigenvalue weighted by atomic mass is 10.2. The molecule has 0 spiro atoms. The molecule has 0 radical (unpaired) electrons. The molecule has 0 saturated carbocycles. The summed E-state index contributed by atoms with van der Waals surface area (Å²) in [6.07, 6.45) is 1.59. The van der Waals surface area contributed by atoms with Crippen LogP contribution >= 0.6 is 23.1 Å². The molecule has 6 nitrogen and oxygen atoms in total. The zero-order chi connectivity index (χ0) is 21.3. The number of para-hydroxylation sites is 1. The predicted octanol–water partition coefficient (Wildman–Crippen LogP) is 5.08. The van der Waals surface area contributed by atoms with E-state index in [2.05, 4.69) is 16.0 Å². The maximum absolute atomic E-state index is 12.9. The number of fused-ring (bicyclic) bond motifs is 1. The first-order chi connectivity index (χ1) is 14.5. The first-order valence-electron chi connectivity index (χ1n) is 9.48. The van der Waals surface area contributed by atoms with Crippen LogP contribution < -0.4 is 4.90 Å². The zero-order valence-corrected chi connectivity index (χ0v) is 18.5. The van der Waals surface area contributed by atoms with Crippen LogP contribution in [0.15, 0.2) is 64.6 Å². The molecule has 4 rings (SSSR count). The Morgan fingerprint density at radius 3 is 2.70 bits per heavy atom. The normalized spacial score (nSPS) is 16.8. The van der Waals surface area contributed by atoms with Gasteiger partial charge >= 0.3 is 0 Å². The van der Waals surface area contributed by atoms with E-state index in [9.17, 15) is 9.59 Å². The Balaban J connectivity index is 1.69. The van der Waals surface area contributed by atoms with E-state index in [4.69, 9.17) is 0 Å². The Kier molecular flexibility index (Phi) is 5.69.